The van der Waals surface area contributed by atoms with E-state index in [2.05, 4.69) is 27.3 Å². The third kappa shape index (κ3) is 3.11. The van der Waals surface area contributed by atoms with Gasteiger partial charge in [-0.3, -0.25) is 0 Å². The molecule has 2 aromatic rings. The molecule has 2 rings (SSSR count). The molecule has 4 heteroatoms. The highest BCUT2D eigenvalue weighted by molar-refractivity contribution is 9.10. The Morgan fingerprint density at radius 2 is 2.00 bits per heavy atom. The molecule has 0 atom stereocenters. The average molecular weight is 296 g/mol. The Bertz CT molecular complexity index is 508. The summed E-state index contributed by atoms with van der Waals surface area (Å²) < 4.78 is 6.49. The van der Waals surface area contributed by atoms with Crippen LogP contribution in [-0.4, -0.2) is 5.11 Å². The van der Waals surface area contributed by atoms with Gasteiger partial charge in [0.15, 0.2) is 0 Å². The maximum Gasteiger partial charge on any atom is 0.129 e. The predicted octanol–water partition coefficient (Wildman–Crippen LogP) is 3.45. The highest BCUT2D eigenvalue weighted by Crippen LogP contribution is 2.20. The standard InChI is InChI=1S/C13H14BrNO2/c1-9-6-10(2-5-13(9)14)15-7-11-3-4-12(8-16)17-11/h2-6,15-16H,7-8H2,1H3. The molecule has 1 aromatic heterocycles. The largest absolute Gasteiger partial charge is 0.462 e. The van der Waals surface area contributed by atoms with Crippen molar-refractivity contribution < 1.29 is 9.52 Å². The zero-order valence-corrected chi connectivity index (χ0v) is 11.1. The van der Waals surface area contributed by atoms with E-state index in [1.807, 2.05) is 25.1 Å². The normalized spacial score (nSPS) is 10.5. The molecule has 0 aliphatic rings. The highest BCUT2D eigenvalue weighted by atomic mass is 79.9. The summed E-state index contributed by atoms with van der Waals surface area (Å²) in [6.07, 6.45) is 0. The van der Waals surface area contributed by atoms with Crippen molar-refractivity contribution in [1.29, 1.82) is 0 Å². The minimum atomic E-state index is -0.0581. The molecule has 3 nitrogen and oxygen atoms in total. The molecule has 1 heterocycles. The van der Waals surface area contributed by atoms with Crippen molar-refractivity contribution in [2.45, 2.75) is 20.1 Å². The SMILES string of the molecule is Cc1cc(NCc2ccc(CO)o2)ccc1Br. The lowest BCUT2D eigenvalue weighted by molar-refractivity contribution is 0.244. The van der Waals surface area contributed by atoms with Crippen molar-refractivity contribution in [3.05, 3.63) is 51.9 Å². The van der Waals surface area contributed by atoms with Gasteiger partial charge in [-0.2, -0.15) is 0 Å². The van der Waals surface area contributed by atoms with Crippen molar-refractivity contribution in [3.63, 3.8) is 0 Å². The van der Waals surface area contributed by atoms with Gasteiger partial charge in [-0.05, 0) is 42.8 Å². The summed E-state index contributed by atoms with van der Waals surface area (Å²) in [5.74, 6) is 1.41. The van der Waals surface area contributed by atoms with E-state index in [4.69, 9.17) is 9.52 Å². The molecule has 0 unspecified atom stereocenters. The fourth-order valence-electron chi connectivity index (χ4n) is 1.55. The minimum absolute atomic E-state index is 0.0581. The highest BCUT2D eigenvalue weighted by Gasteiger charge is 2.01. The smallest absolute Gasteiger partial charge is 0.129 e. The third-order valence-electron chi connectivity index (χ3n) is 2.50. The van der Waals surface area contributed by atoms with Crippen LogP contribution in [0.2, 0.25) is 0 Å². The number of aliphatic hydroxyl groups excluding tert-OH is 1. The molecule has 0 aliphatic heterocycles. The monoisotopic (exact) mass is 295 g/mol. The lowest BCUT2D eigenvalue weighted by atomic mass is 10.2. The number of furan rings is 1. The number of anilines is 1. The van der Waals surface area contributed by atoms with Crippen molar-refractivity contribution >= 4 is 21.6 Å². The summed E-state index contributed by atoms with van der Waals surface area (Å²) in [4.78, 5) is 0. The van der Waals surface area contributed by atoms with Crippen LogP contribution in [0.25, 0.3) is 0 Å². The van der Waals surface area contributed by atoms with Crippen LogP contribution in [0.3, 0.4) is 0 Å². The second-order valence-corrected chi connectivity index (χ2v) is 4.70. The van der Waals surface area contributed by atoms with Gasteiger partial charge in [-0.1, -0.05) is 15.9 Å². The van der Waals surface area contributed by atoms with E-state index in [1.54, 1.807) is 6.07 Å². The fraction of sp³-hybridized carbons (Fsp3) is 0.231. The van der Waals surface area contributed by atoms with E-state index in [-0.39, 0.29) is 6.61 Å². The molecule has 0 radical (unpaired) electrons. The number of aryl methyl sites for hydroxylation is 1. The molecule has 0 saturated carbocycles. The van der Waals surface area contributed by atoms with Crippen LogP contribution in [0.1, 0.15) is 17.1 Å². The molecule has 0 spiro atoms. The molecule has 90 valence electrons. The number of rotatable bonds is 4. The summed E-state index contributed by atoms with van der Waals surface area (Å²) in [5.41, 5.74) is 2.23. The summed E-state index contributed by atoms with van der Waals surface area (Å²) in [6, 6.07) is 9.74. The number of aliphatic hydroxyl groups is 1. The number of hydrogen-bond acceptors (Lipinski definition) is 3. The fourth-order valence-corrected chi connectivity index (χ4v) is 1.79. The van der Waals surface area contributed by atoms with Gasteiger partial charge in [0.05, 0.1) is 6.54 Å². The van der Waals surface area contributed by atoms with Crippen LogP contribution in [0.15, 0.2) is 39.2 Å². The Morgan fingerprint density at radius 3 is 2.65 bits per heavy atom. The van der Waals surface area contributed by atoms with Crippen molar-refractivity contribution in [1.82, 2.24) is 0 Å². The van der Waals surface area contributed by atoms with Gasteiger partial charge >= 0.3 is 0 Å². The molecule has 2 N–H and O–H groups in total. The first-order valence-corrected chi connectivity index (χ1v) is 6.17. The van der Waals surface area contributed by atoms with Crippen LogP contribution in [0, 0.1) is 6.92 Å². The van der Waals surface area contributed by atoms with E-state index < -0.39 is 0 Å². The van der Waals surface area contributed by atoms with Gasteiger partial charge in [0, 0.05) is 10.2 Å². The second kappa shape index (κ2) is 5.38. The first-order chi connectivity index (χ1) is 8.19. The Labute approximate surface area is 109 Å². The van der Waals surface area contributed by atoms with Gasteiger partial charge in [-0.15, -0.1) is 0 Å². The Hall–Kier alpha value is -1.26. The van der Waals surface area contributed by atoms with E-state index >= 15 is 0 Å². The van der Waals surface area contributed by atoms with E-state index in [9.17, 15) is 0 Å². The summed E-state index contributed by atoms with van der Waals surface area (Å²) in [7, 11) is 0. The lowest BCUT2D eigenvalue weighted by Gasteiger charge is -2.06. The van der Waals surface area contributed by atoms with Gasteiger partial charge in [0.2, 0.25) is 0 Å². The number of benzene rings is 1. The molecule has 0 aliphatic carbocycles. The number of halogens is 1. The van der Waals surface area contributed by atoms with E-state index in [0.717, 1.165) is 15.9 Å². The zero-order chi connectivity index (χ0) is 12.3. The average Bonchev–Trinajstić information content (AvgIpc) is 2.79. The molecule has 0 bridgehead atoms. The maximum atomic E-state index is 8.88. The maximum absolute atomic E-state index is 8.88. The minimum Gasteiger partial charge on any atom is -0.462 e. The zero-order valence-electron chi connectivity index (χ0n) is 9.53. The van der Waals surface area contributed by atoms with Crippen LogP contribution in [-0.2, 0) is 13.2 Å². The first-order valence-electron chi connectivity index (χ1n) is 5.37. The molecule has 0 saturated heterocycles. The molecule has 1 aromatic carbocycles. The second-order valence-electron chi connectivity index (χ2n) is 3.84. The lowest BCUT2D eigenvalue weighted by Crippen LogP contribution is -1.98. The summed E-state index contributed by atoms with van der Waals surface area (Å²) in [5, 5.41) is 12.2. The van der Waals surface area contributed by atoms with E-state index in [1.165, 1.54) is 5.56 Å². The molecular formula is C13H14BrNO2. The Balaban J connectivity index is 1.99. The Kier molecular flexibility index (Phi) is 3.86. The van der Waals surface area contributed by atoms with E-state index in [0.29, 0.717) is 12.3 Å². The molecule has 0 amide bonds. The number of nitrogens with one attached hydrogen (secondary N) is 1. The quantitative estimate of drug-likeness (QED) is 0.908. The van der Waals surface area contributed by atoms with Crippen LogP contribution < -0.4 is 5.32 Å². The third-order valence-corrected chi connectivity index (χ3v) is 3.39. The topological polar surface area (TPSA) is 45.4 Å². The van der Waals surface area contributed by atoms with Crippen LogP contribution in [0.4, 0.5) is 5.69 Å². The van der Waals surface area contributed by atoms with Crippen LogP contribution in [0.5, 0.6) is 0 Å². The predicted molar refractivity (Wildman–Crippen MR) is 70.8 cm³/mol. The number of hydrogen-bond donors (Lipinski definition) is 2. The molecule has 17 heavy (non-hydrogen) atoms. The van der Waals surface area contributed by atoms with Gasteiger partial charge in [0.25, 0.3) is 0 Å². The van der Waals surface area contributed by atoms with Gasteiger partial charge < -0.3 is 14.8 Å². The van der Waals surface area contributed by atoms with Crippen molar-refractivity contribution in [2.24, 2.45) is 0 Å². The molecule has 0 fully saturated rings. The van der Waals surface area contributed by atoms with Crippen molar-refractivity contribution in [2.75, 3.05) is 5.32 Å². The van der Waals surface area contributed by atoms with Gasteiger partial charge in [-0.25, -0.2) is 0 Å². The summed E-state index contributed by atoms with van der Waals surface area (Å²) in [6.45, 7) is 2.60. The molecular weight excluding hydrogens is 282 g/mol. The van der Waals surface area contributed by atoms with Crippen molar-refractivity contribution in [3.8, 4) is 0 Å². The van der Waals surface area contributed by atoms with Gasteiger partial charge in [0.1, 0.15) is 18.1 Å². The summed E-state index contributed by atoms with van der Waals surface area (Å²) >= 11 is 3.46. The van der Waals surface area contributed by atoms with Crippen LogP contribution >= 0.6 is 15.9 Å². The first kappa shape index (κ1) is 12.2. The Morgan fingerprint density at radius 1 is 1.24 bits per heavy atom.